The van der Waals surface area contributed by atoms with E-state index in [4.69, 9.17) is 4.74 Å². The van der Waals surface area contributed by atoms with Crippen LogP contribution in [0.1, 0.15) is 30.4 Å². The lowest BCUT2D eigenvalue weighted by Gasteiger charge is -2.13. The third-order valence-electron chi connectivity index (χ3n) is 3.58. The van der Waals surface area contributed by atoms with Gasteiger partial charge in [0.1, 0.15) is 5.75 Å². The molecule has 0 radical (unpaired) electrons. The number of phenolic OH excluding ortho intramolecular Hbond substituents is 1. The summed E-state index contributed by atoms with van der Waals surface area (Å²) in [6.45, 7) is 2.19. The summed E-state index contributed by atoms with van der Waals surface area (Å²) in [4.78, 5) is 11.8. The van der Waals surface area contributed by atoms with Gasteiger partial charge in [0.25, 0.3) is 0 Å². The van der Waals surface area contributed by atoms with Crippen LogP contribution in [-0.4, -0.2) is 17.7 Å². The Morgan fingerprint density at radius 2 is 1.83 bits per heavy atom. The van der Waals surface area contributed by atoms with Crippen molar-refractivity contribution in [1.29, 1.82) is 0 Å². The summed E-state index contributed by atoms with van der Waals surface area (Å²) in [5, 5.41) is 9.42. The number of hydrogen-bond donors (Lipinski definition) is 1. The monoisotopic (exact) mass is 310 g/mol. The van der Waals surface area contributed by atoms with Gasteiger partial charge in [-0.1, -0.05) is 54.6 Å². The maximum Gasteiger partial charge on any atom is 0.306 e. The highest BCUT2D eigenvalue weighted by Crippen LogP contribution is 2.24. The zero-order valence-corrected chi connectivity index (χ0v) is 13.3. The smallest absolute Gasteiger partial charge is 0.306 e. The highest BCUT2D eigenvalue weighted by Gasteiger charge is 2.14. The number of carbonyl (C=O) groups is 1. The van der Waals surface area contributed by atoms with Gasteiger partial charge in [0, 0.05) is 5.92 Å². The molecule has 3 heteroatoms. The van der Waals surface area contributed by atoms with Crippen LogP contribution in [0, 0.1) is 0 Å². The summed E-state index contributed by atoms with van der Waals surface area (Å²) in [6.07, 6.45) is 5.23. The molecular formula is C20H22O3. The number of esters is 1. The molecule has 0 aromatic heterocycles. The molecule has 0 aliphatic heterocycles. The molecule has 2 rings (SSSR count). The Balaban J connectivity index is 2.09. The minimum absolute atomic E-state index is 0.0571. The number of benzene rings is 2. The first-order valence-corrected chi connectivity index (χ1v) is 7.84. The molecule has 2 aromatic rings. The molecular weight excluding hydrogens is 288 g/mol. The van der Waals surface area contributed by atoms with E-state index in [2.05, 4.69) is 18.2 Å². The highest BCUT2D eigenvalue weighted by atomic mass is 16.5. The van der Waals surface area contributed by atoms with Crippen molar-refractivity contribution < 1.29 is 14.6 Å². The fraction of sp³-hybridized carbons (Fsp3) is 0.250. The van der Waals surface area contributed by atoms with Crippen LogP contribution in [0.5, 0.6) is 5.75 Å². The number of aromatic hydroxyl groups is 1. The summed E-state index contributed by atoms with van der Waals surface area (Å²) in [6, 6.07) is 17.1. The molecule has 0 saturated carbocycles. The van der Waals surface area contributed by atoms with Crippen LogP contribution in [-0.2, 0) is 16.0 Å². The van der Waals surface area contributed by atoms with E-state index in [1.54, 1.807) is 19.1 Å². The standard InChI is InChI=1S/C20H22O3/c1-2-23-20(22)15-18(17-11-13-19(21)14-12-17)10-6-9-16-7-4-3-5-8-16/h3-8,10-14,18,21H,2,9,15H2,1H3/b10-6+/t18-/m0/s1. The van der Waals surface area contributed by atoms with Gasteiger partial charge in [0.05, 0.1) is 13.0 Å². The molecule has 0 fully saturated rings. The highest BCUT2D eigenvalue weighted by molar-refractivity contribution is 5.71. The predicted molar refractivity (Wildman–Crippen MR) is 91.4 cm³/mol. The summed E-state index contributed by atoms with van der Waals surface area (Å²) in [5.41, 5.74) is 2.21. The first-order valence-electron chi connectivity index (χ1n) is 7.84. The number of rotatable bonds is 7. The molecule has 3 nitrogen and oxygen atoms in total. The van der Waals surface area contributed by atoms with Crippen LogP contribution in [0.2, 0.25) is 0 Å². The SMILES string of the molecule is CCOC(=O)C[C@H](/C=C/Cc1ccccc1)c1ccc(O)cc1. The van der Waals surface area contributed by atoms with E-state index >= 15 is 0 Å². The molecule has 120 valence electrons. The van der Waals surface area contributed by atoms with Crippen molar-refractivity contribution >= 4 is 5.97 Å². The van der Waals surface area contributed by atoms with Crippen molar-refractivity contribution in [3.05, 3.63) is 77.9 Å². The molecule has 0 aliphatic rings. The zero-order chi connectivity index (χ0) is 16.5. The lowest BCUT2D eigenvalue weighted by molar-refractivity contribution is -0.143. The second kappa shape index (κ2) is 8.79. The normalized spacial score (nSPS) is 12.2. The van der Waals surface area contributed by atoms with Crippen LogP contribution >= 0.6 is 0 Å². The van der Waals surface area contributed by atoms with Crippen molar-refractivity contribution in [1.82, 2.24) is 0 Å². The van der Waals surface area contributed by atoms with Crippen molar-refractivity contribution in [2.24, 2.45) is 0 Å². The predicted octanol–water partition coefficient (Wildman–Crippen LogP) is 4.23. The van der Waals surface area contributed by atoms with Gasteiger partial charge in [-0.15, -0.1) is 0 Å². The first kappa shape index (κ1) is 16.8. The zero-order valence-electron chi connectivity index (χ0n) is 13.3. The van der Waals surface area contributed by atoms with Crippen LogP contribution in [0.15, 0.2) is 66.7 Å². The van der Waals surface area contributed by atoms with Gasteiger partial charge in [-0.25, -0.2) is 0 Å². The number of carbonyl (C=O) groups excluding carboxylic acids is 1. The van der Waals surface area contributed by atoms with E-state index in [-0.39, 0.29) is 17.6 Å². The Labute approximate surface area is 137 Å². The summed E-state index contributed by atoms with van der Waals surface area (Å²) >= 11 is 0. The van der Waals surface area contributed by atoms with Crippen molar-refractivity contribution in [2.45, 2.75) is 25.7 Å². The molecule has 0 spiro atoms. The molecule has 0 saturated heterocycles. The molecule has 1 atom stereocenters. The van der Waals surface area contributed by atoms with Crippen molar-refractivity contribution in [3.8, 4) is 5.75 Å². The Kier molecular flexibility index (Phi) is 6.42. The molecule has 0 heterocycles. The van der Waals surface area contributed by atoms with E-state index in [1.165, 1.54) is 5.56 Å². The maximum atomic E-state index is 11.8. The number of hydrogen-bond acceptors (Lipinski definition) is 3. The van der Waals surface area contributed by atoms with E-state index in [0.29, 0.717) is 13.0 Å². The minimum Gasteiger partial charge on any atom is -0.508 e. The topological polar surface area (TPSA) is 46.5 Å². The van der Waals surface area contributed by atoms with Gasteiger partial charge < -0.3 is 9.84 Å². The first-order chi connectivity index (χ1) is 11.2. The molecule has 0 unspecified atom stereocenters. The average Bonchev–Trinajstić information content (AvgIpc) is 2.56. The lowest BCUT2D eigenvalue weighted by atomic mass is 9.94. The van der Waals surface area contributed by atoms with Gasteiger partial charge in [-0.05, 0) is 36.6 Å². The third-order valence-corrected chi connectivity index (χ3v) is 3.58. The largest absolute Gasteiger partial charge is 0.508 e. The van der Waals surface area contributed by atoms with E-state index in [1.807, 2.05) is 36.4 Å². The van der Waals surface area contributed by atoms with Gasteiger partial charge >= 0.3 is 5.97 Å². The Bertz CT molecular complexity index is 630. The summed E-state index contributed by atoms with van der Waals surface area (Å²) in [7, 11) is 0. The Morgan fingerprint density at radius 1 is 1.13 bits per heavy atom. The fourth-order valence-electron chi connectivity index (χ4n) is 2.40. The average molecular weight is 310 g/mol. The van der Waals surface area contributed by atoms with Gasteiger partial charge in [-0.3, -0.25) is 4.79 Å². The maximum absolute atomic E-state index is 11.8. The number of phenols is 1. The lowest BCUT2D eigenvalue weighted by Crippen LogP contribution is -2.09. The third kappa shape index (κ3) is 5.62. The van der Waals surface area contributed by atoms with Gasteiger partial charge in [0.15, 0.2) is 0 Å². The van der Waals surface area contributed by atoms with Crippen molar-refractivity contribution in [3.63, 3.8) is 0 Å². The molecule has 0 amide bonds. The van der Waals surface area contributed by atoms with Crippen molar-refractivity contribution in [2.75, 3.05) is 6.61 Å². The van der Waals surface area contributed by atoms with Crippen LogP contribution < -0.4 is 0 Å². The molecule has 0 aliphatic carbocycles. The minimum atomic E-state index is -0.213. The van der Waals surface area contributed by atoms with Gasteiger partial charge in [0.2, 0.25) is 0 Å². The Hall–Kier alpha value is -2.55. The molecule has 1 N–H and O–H groups in total. The fourth-order valence-corrected chi connectivity index (χ4v) is 2.40. The number of allylic oxidation sites excluding steroid dienone is 2. The van der Waals surface area contributed by atoms with Crippen LogP contribution in [0.4, 0.5) is 0 Å². The van der Waals surface area contributed by atoms with E-state index in [9.17, 15) is 9.90 Å². The van der Waals surface area contributed by atoms with Crippen LogP contribution in [0.3, 0.4) is 0 Å². The molecule has 2 aromatic carbocycles. The summed E-state index contributed by atoms with van der Waals surface area (Å²) in [5.74, 6) is -0.0507. The quantitative estimate of drug-likeness (QED) is 0.615. The second-order valence-electron chi connectivity index (χ2n) is 5.33. The summed E-state index contributed by atoms with van der Waals surface area (Å²) < 4.78 is 5.06. The Morgan fingerprint density at radius 3 is 2.48 bits per heavy atom. The second-order valence-corrected chi connectivity index (χ2v) is 5.33. The van der Waals surface area contributed by atoms with Gasteiger partial charge in [-0.2, -0.15) is 0 Å². The molecule has 0 bridgehead atoms. The molecule has 23 heavy (non-hydrogen) atoms. The number of ether oxygens (including phenoxy) is 1. The van der Waals surface area contributed by atoms with E-state index in [0.717, 1.165) is 12.0 Å². The van der Waals surface area contributed by atoms with E-state index < -0.39 is 0 Å². The van der Waals surface area contributed by atoms with Crippen LogP contribution in [0.25, 0.3) is 0 Å².